The number of fused-ring (bicyclic) bond motifs is 3. The zero-order valence-corrected chi connectivity index (χ0v) is 27.2. The van der Waals surface area contributed by atoms with Crippen LogP contribution in [0.1, 0.15) is 98.8 Å². The van der Waals surface area contributed by atoms with Gasteiger partial charge in [0.15, 0.2) is 8.32 Å². The summed E-state index contributed by atoms with van der Waals surface area (Å²) in [5.74, 6) is 1.42. The van der Waals surface area contributed by atoms with Crippen LogP contribution in [0, 0.1) is 29.1 Å². The molecule has 2 saturated carbocycles. The SMILES string of the molecule is CC(C)(C)OC(=O)NC[C@@H]1[C@@H]([C@@]2(C)CC[C@H](O)C[C@@H]2CO[Si](C)(C)C(C)(C)C)CC[C@]2(C)c3[nH]ncc3C[C@@H]12. The summed E-state index contributed by atoms with van der Waals surface area (Å²) in [6.07, 6.45) is 7.20. The summed E-state index contributed by atoms with van der Waals surface area (Å²) in [5.41, 5.74) is 2.14. The Labute approximate surface area is 237 Å². The number of H-pyrrole nitrogens is 1. The highest BCUT2D eigenvalue weighted by atomic mass is 28.4. The highest BCUT2D eigenvalue weighted by Gasteiger charge is 2.58. The van der Waals surface area contributed by atoms with Gasteiger partial charge in [0, 0.05) is 24.3 Å². The summed E-state index contributed by atoms with van der Waals surface area (Å²) in [4.78, 5) is 12.8. The molecule has 3 aliphatic rings. The molecule has 7 atom stereocenters. The van der Waals surface area contributed by atoms with E-state index in [9.17, 15) is 9.90 Å². The minimum atomic E-state index is -1.93. The van der Waals surface area contributed by atoms with Gasteiger partial charge in [-0.1, -0.05) is 34.6 Å². The second kappa shape index (κ2) is 10.5. The molecule has 0 radical (unpaired) electrons. The number of carbonyl (C=O) groups excluding carboxylic acids is 1. The Balaban J connectivity index is 1.63. The maximum Gasteiger partial charge on any atom is 0.407 e. The van der Waals surface area contributed by atoms with Crippen molar-refractivity contribution in [3.05, 3.63) is 17.5 Å². The zero-order valence-electron chi connectivity index (χ0n) is 26.2. The molecule has 2 fully saturated rings. The maximum absolute atomic E-state index is 12.8. The summed E-state index contributed by atoms with van der Waals surface area (Å²) < 4.78 is 12.5. The van der Waals surface area contributed by atoms with Crippen molar-refractivity contribution < 1.29 is 19.1 Å². The molecule has 0 spiro atoms. The maximum atomic E-state index is 12.8. The predicted molar refractivity (Wildman–Crippen MR) is 158 cm³/mol. The van der Waals surface area contributed by atoms with Gasteiger partial charge in [-0.25, -0.2) is 4.79 Å². The molecule has 0 saturated heterocycles. The number of carbonyl (C=O) groups is 1. The van der Waals surface area contributed by atoms with E-state index >= 15 is 0 Å². The fourth-order valence-electron chi connectivity index (χ4n) is 7.78. The van der Waals surface area contributed by atoms with E-state index in [1.807, 2.05) is 27.0 Å². The first-order valence-corrected chi connectivity index (χ1v) is 18.1. The van der Waals surface area contributed by atoms with Gasteiger partial charge in [-0.3, -0.25) is 5.10 Å². The number of aliphatic hydroxyl groups excluding tert-OH is 1. The lowest BCUT2D eigenvalue weighted by molar-refractivity contribution is -0.0874. The first-order chi connectivity index (χ1) is 17.9. The van der Waals surface area contributed by atoms with Crippen LogP contribution in [0.4, 0.5) is 4.79 Å². The van der Waals surface area contributed by atoms with E-state index in [2.05, 4.69) is 63.2 Å². The molecule has 0 bridgehead atoms. The molecule has 4 rings (SSSR count). The Hall–Kier alpha value is -1.38. The zero-order chi connectivity index (χ0) is 29.0. The molecule has 3 aliphatic carbocycles. The van der Waals surface area contributed by atoms with Crippen molar-refractivity contribution in [2.24, 2.45) is 29.1 Å². The van der Waals surface area contributed by atoms with Crippen molar-refractivity contribution in [3.63, 3.8) is 0 Å². The topological polar surface area (TPSA) is 96.5 Å². The Morgan fingerprint density at radius 3 is 2.49 bits per heavy atom. The number of hydrogen-bond acceptors (Lipinski definition) is 5. The number of amides is 1. The van der Waals surface area contributed by atoms with E-state index in [1.165, 1.54) is 11.3 Å². The average molecular weight is 562 g/mol. The highest BCUT2D eigenvalue weighted by Crippen LogP contribution is 2.61. The average Bonchev–Trinajstić information content (AvgIpc) is 3.37. The van der Waals surface area contributed by atoms with Crippen molar-refractivity contribution >= 4 is 14.4 Å². The molecule has 1 heterocycles. The van der Waals surface area contributed by atoms with Crippen LogP contribution in [0.2, 0.25) is 18.1 Å². The number of aliphatic hydroxyl groups is 1. The minimum absolute atomic E-state index is 0.0255. The number of nitrogens with zero attached hydrogens (tertiary/aromatic N) is 1. The van der Waals surface area contributed by atoms with Crippen molar-refractivity contribution in [2.75, 3.05) is 13.2 Å². The molecular weight excluding hydrogens is 506 g/mol. The van der Waals surface area contributed by atoms with Crippen molar-refractivity contribution in [1.29, 1.82) is 0 Å². The summed E-state index contributed by atoms with van der Waals surface area (Å²) in [7, 11) is -1.93. The van der Waals surface area contributed by atoms with E-state index < -0.39 is 13.9 Å². The van der Waals surface area contributed by atoms with Gasteiger partial charge in [-0.15, -0.1) is 0 Å². The normalized spacial score (nSPS) is 35.3. The fraction of sp³-hybridized carbons (Fsp3) is 0.871. The van der Waals surface area contributed by atoms with Crippen LogP contribution < -0.4 is 5.32 Å². The Morgan fingerprint density at radius 2 is 1.85 bits per heavy atom. The van der Waals surface area contributed by atoms with Gasteiger partial charge >= 0.3 is 6.09 Å². The molecule has 1 aromatic rings. The van der Waals surface area contributed by atoms with E-state index in [0.29, 0.717) is 30.9 Å². The number of ether oxygens (including phenoxy) is 1. The Kier molecular flexibility index (Phi) is 8.21. The lowest BCUT2D eigenvalue weighted by atomic mass is 9.49. The molecular formula is C31H55N3O4Si. The number of aromatic nitrogens is 2. The first kappa shape index (κ1) is 30.6. The van der Waals surface area contributed by atoms with Gasteiger partial charge in [0.2, 0.25) is 0 Å². The van der Waals surface area contributed by atoms with Crippen LogP contribution in [0.25, 0.3) is 0 Å². The van der Waals surface area contributed by atoms with E-state index in [1.54, 1.807) is 0 Å². The van der Waals surface area contributed by atoms with Gasteiger partial charge in [0.25, 0.3) is 0 Å². The summed E-state index contributed by atoms with van der Waals surface area (Å²) >= 11 is 0. The van der Waals surface area contributed by atoms with Crippen molar-refractivity contribution in [1.82, 2.24) is 15.5 Å². The third kappa shape index (κ3) is 5.99. The third-order valence-corrected chi connectivity index (χ3v) is 15.7. The van der Waals surface area contributed by atoms with Crippen LogP contribution in [-0.4, -0.2) is 54.6 Å². The van der Waals surface area contributed by atoms with Gasteiger partial charge in [-0.2, -0.15) is 5.10 Å². The molecule has 1 aromatic heterocycles. The minimum Gasteiger partial charge on any atom is -0.444 e. The predicted octanol–water partition coefficient (Wildman–Crippen LogP) is 6.58. The summed E-state index contributed by atoms with van der Waals surface area (Å²) in [6, 6.07) is 0. The Bertz CT molecular complexity index is 1030. The molecule has 1 amide bonds. The van der Waals surface area contributed by atoms with Gasteiger partial charge in [0.1, 0.15) is 5.60 Å². The van der Waals surface area contributed by atoms with E-state index in [4.69, 9.17) is 9.16 Å². The highest BCUT2D eigenvalue weighted by molar-refractivity contribution is 6.74. The Morgan fingerprint density at radius 1 is 1.15 bits per heavy atom. The molecule has 39 heavy (non-hydrogen) atoms. The molecule has 8 heteroatoms. The number of hydrogen-bond donors (Lipinski definition) is 3. The van der Waals surface area contributed by atoms with Gasteiger partial charge in [0.05, 0.1) is 12.3 Å². The standard InChI is InChI=1S/C31H55N3O4Si/c1-28(2,3)38-27(36)32-18-23-24(12-14-31(8)25(23)15-20-17-33-34-26(20)31)30(7)13-11-22(35)16-21(30)19-37-39(9,10)29(4,5)6/h17,21-25,35H,11-16,18-19H2,1-10H3,(H,32,36)(H,33,34)/t21-,22+,23-,24+,25+,30+,31+/m1/s1. The number of rotatable bonds is 6. The lowest BCUT2D eigenvalue weighted by Crippen LogP contribution is -2.55. The molecule has 3 N–H and O–H groups in total. The number of alkyl carbamates (subject to hydrolysis) is 1. The summed E-state index contributed by atoms with van der Waals surface area (Å²) in [6.45, 7) is 23.4. The van der Waals surface area contributed by atoms with E-state index in [-0.39, 0.29) is 34.0 Å². The fourth-order valence-corrected chi connectivity index (χ4v) is 8.83. The second-order valence-corrected chi connectivity index (χ2v) is 20.7. The van der Waals surface area contributed by atoms with Gasteiger partial charge < -0.3 is 19.6 Å². The van der Waals surface area contributed by atoms with Crippen LogP contribution >= 0.6 is 0 Å². The molecule has 0 aromatic carbocycles. The molecule has 7 nitrogen and oxygen atoms in total. The van der Waals surface area contributed by atoms with E-state index in [0.717, 1.165) is 38.5 Å². The van der Waals surface area contributed by atoms with Crippen molar-refractivity contribution in [3.8, 4) is 0 Å². The smallest absolute Gasteiger partial charge is 0.407 e. The monoisotopic (exact) mass is 561 g/mol. The summed E-state index contributed by atoms with van der Waals surface area (Å²) in [5, 5.41) is 21.8. The van der Waals surface area contributed by atoms with Crippen molar-refractivity contribution in [2.45, 2.75) is 129 Å². The molecule has 222 valence electrons. The third-order valence-electron chi connectivity index (χ3n) is 11.2. The van der Waals surface area contributed by atoms with Crippen LogP contribution in [0.5, 0.6) is 0 Å². The largest absolute Gasteiger partial charge is 0.444 e. The van der Waals surface area contributed by atoms with Crippen LogP contribution in [0.15, 0.2) is 6.20 Å². The van der Waals surface area contributed by atoms with Crippen LogP contribution in [-0.2, 0) is 21.0 Å². The number of aromatic amines is 1. The molecule has 0 aliphatic heterocycles. The first-order valence-electron chi connectivity index (χ1n) is 15.2. The second-order valence-electron chi connectivity index (χ2n) is 15.9. The number of nitrogens with one attached hydrogen (secondary N) is 2. The molecule has 0 unspecified atom stereocenters. The lowest BCUT2D eigenvalue weighted by Gasteiger charge is -2.57. The van der Waals surface area contributed by atoms with Crippen LogP contribution in [0.3, 0.4) is 0 Å². The quantitative estimate of drug-likeness (QED) is 0.341. The van der Waals surface area contributed by atoms with Gasteiger partial charge in [-0.05, 0) is 112 Å².